The predicted octanol–water partition coefficient (Wildman–Crippen LogP) is 3.23. The molecule has 0 radical (unpaired) electrons. The van der Waals surface area contributed by atoms with Gasteiger partial charge in [-0.05, 0) is 44.3 Å². The predicted molar refractivity (Wildman–Crippen MR) is 124 cm³/mol. The lowest BCUT2D eigenvalue weighted by Gasteiger charge is -2.40. The Balaban J connectivity index is 2.41. The second-order valence-corrected chi connectivity index (χ2v) is 11.5. The van der Waals surface area contributed by atoms with Gasteiger partial charge in [-0.1, -0.05) is 12.1 Å². The molecule has 15 heteroatoms. The van der Waals surface area contributed by atoms with Gasteiger partial charge in [0, 0.05) is 11.3 Å². The number of carbonyl (C=O) groups is 1. The second kappa shape index (κ2) is 9.51. The van der Waals surface area contributed by atoms with E-state index in [1.54, 1.807) is 12.1 Å². The Morgan fingerprint density at radius 1 is 1.03 bits per heavy atom. The highest BCUT2D eigenvalue weighted by Crippen LogP contribution is 2.43. The number of nitrogens with zero attached hydrogens (tertiary/aromatic N) is 4. The molecule has 194 valence electrons. The summed E-state index contributed by atoms with van der Waals surface area (Å²) in [7, 11) is -7.82. The molecule has 37 heavy (non-hydrogen) atoms. The highest BCUT2D eigenvalue weighted by Gasteiger charge is 2.46. The average Bonchev–Trinajstić information content (AvgIpc) is 2.82. The average molecular weight is 554 g/mol. The maximum atomic E-state index is 13.6. The number of amides is 2. The Bertz CT molecular complexity index is 1620. The maximum absolute atomic E-state index is 13.6. The van der Waals surface area contributed by atoms with Crippen LogP contribution in [0, 0.1) is 22.7 Å². The van der Waals surface area contributed by atoms with Gasteiger partial charge in [-0.2, -0.15) is 23.7 Å². The summed E-state index contributed by atoms with van der Waals surface area (Å²) in [5, 5.41) is 19.2. The van der Waals surface area contributed by atoms with Crippen LogP contribution in [0.2, 0.25) is 0 Å². The van der Waals surface area contributed by atoms with Crippen LogP contribution in [0.25, 0.3) is 0 Å². The van der Waals surface area contributed by atoms with E-state index in [-0.39, 0.29) is 26.8 Å². The first-order valence-electron chi connectivity index (χ1n) is 10.2. The van der Waals surface area contributed by atoms with E-state index in [0.29, 0.717) is 17.2 Å². The van der Waals surface area contributed by atoms with Crippen molar-refractivity contribution in [1.29, 1.82) is 10.5 Å². The van der Waals surface area contributed by atoms with Crippen molar-refractivity contribution in [2.24, 2.45) is 0 Å². The van der Waals surface area contributed by atoms with Gasteiger partial charge in [0.2, 0.25) is 20.0 Å². The van der Waals surface area contributed by atoms with E-state index in [1.165, 1.54) is 13.0 Å². The molecule has 1 unspecified atom stereocenters. The summed E-state index contributed by atoms with van der Waals surface area (Å²) in [6.07, 6.45) is -4.14. The van der Waals surface area contributed by atoms with Crippen LogP contribution in [0.4, 0.5) is 23.7 Å². The molecule has 1 aliphatic rings. The first-order chi connectivity index (χ1) is 17.1. The Kier molecular flexibility index (Phi) is 7.11. The third kappa shape index (κ3) is 5.01. The Hall–Kier alpha value is -3.92. The van der Waals surface area contributed by atoms with E-state index in [1.807, 2.05) is 4.72 Å². The molecule has 2 aromatic carbocycles. The van der Waals surface area contributed by atoms with Crippen molar-refractivity contribution in [3.63, 3.8) is 0 Å². The fraction of sp³-hybridized carbons (Fsp3) is 0.227. The van der Waals surface area contributed by atoms with Gasteiger partial charge in [0.1, 0.15) is 6.04 Å². The van der Waals surface area contributed by atoms with Crippen molar-refractivity contribution < 1.29 is 34.8 Å². The van der Waals surface area contributed by atoms with Gasteiger partial charge in [-0.15, -0.1) is 0 Å². The van der Waals surface area contributed by atoms with Crippen LogP contribution < -0.4 is 9.62 Å². The molecule has 0 aromatic heterocycles. The Morgan fingerprint density at radius 2 is 1.68 bits per heavy atom. The number of halogens is 3. The number of benzene rings is 2. The standard InChI is InChI=1S/C22H18F3N5O5S2/c1-13-18(12-27)20(17-8-7-14(11-26)9-19(17)37(34,35)28-2)30(36(3,32)33)21(31)29(13)16-6-4-5-15(10-16)22(23,24)25/h4-10,20,28H,1-3H3. The number of nitriles is 2. The van der Waals surface area contributed by atoms with E-state index in [2.05, 4.69) is 0 Å². The molecular formula is C22H18F3N5O5S2. The van der Waals surface area contributed by atoms with Crippen molar-refractivity contribution in [1.82, 2.24) is 9.03 Å². The first-order valence-corrected chi connectivity index (χ1v) is 13.5. The largest absolute Gasteiger partial charge is 0.416 e. The quantitative estimate of drug-likeness (QED) is 0.597. The third-order valence-corrected chi connectivity index (χ3v) is 8.07. The topological polar surface area (TPSA) is 151 Å². The number of carbonyl (C=O) groups excluding carboxylic acids is 1. The summed E-state index contributed by atoms with van der Waals surface area (Å²) in [6, 6.07) is 7.16. The minimum atomic E-state index is -4.78. The van der Waals surface area contributed by atoms with Gasteiger partial charge in [0.25, 0.3) is 0 Å². The summed E-state index contributed by atoms with van der Waals surface area (Å²) >= 11 is 0. The molecule has 0 bridgehead atoms. The van der Waals surface area contributed by atoms with Gasteiger partial charge in [0.05, 0.1) is 45.7 Å². The smallest absolute Gasteiger partial charge is 0.265 e. The van der Waals surface area contributed by atoms with Gasteiger partial charge >= 0.3 is 12.2 Å². The van der Waals surface area contributed by atoms with Crippen molar-refractivity contribution in [2.75, 3.05) is 18.2 Å². The second-order valence-electron chi connectivity index (χ2n) is 7.81. The number of urea groups is 1. The summed E-state index contributed by atoms with van der Waals surface area (Å²) in [6.45, 7) is 1.22. The lowest BCUT2D eigenvalue weighted by atomic mass is 9.94. The van der Waals surface area contributed by atoms with Gasteiger partial charge < -0.3 is 0 Å². The van der Waals surface area contributed by atoms with Gasteiger partial charge in [-0.3, -0.25) is 4.90 Å². The van der Waals surface area contributed by atoms with Crippen molar-refractivity contribution in [2.45, 2.75) is 24.0 Å². The molecule has 1 N–H and O–H groups in total. The van der Waals surface area contributed by atoms with Crippen LogP contribution in [0.5, 0.6) is 0 Å². The SMILES string of the molecule is CNS(=O)(=O)c1cc(C#N)ccc1C1C(C#N)=C(C)N(c2cccc(C(F)(F)F)c2)C(=O)N1S(C)(=O)=O. The molecule has 10 nitrogen and oxygen atoms in total. The molecule has 1 aliphatic heterocycles. The molecule has 1 atom stereocenters. The molecule has 2 aromatic rings. The first kappa shape index (κ1) is 27.7. The number of hydrogen-bond donors (Lipinski definition) is 1. The van der Waals surface area contributed by atoms with Crippen LogP contribution in [-0.2, 0) is 26.2 Å². The Labute approximate surface area is 210 Å². The third-order valence-electron chi connectivity index (χ3n) is 5.52. The molecule has 1 heterocycles. The van der Waals surface area contributed by atoms with E-state index in [9.17, 15) is 45.3 Å². The van der Waals surface area contributed by atoms with Crippen LogP contribution in [0.1, 0.15) is 29.7 Å². The number of alkyl halides is 3. The normalized spacial score (nSPS) is 17.0. The molecule has 0 spiro atoms. The molecular weight excluding hydrogens is 535 g/mol. The highest BCUT2D eigenvalue weighted by molar-refractivity contribution is 7.89. The lowest BCUT2D eigenvalue weighted by Crippen LogP contribution is -2.52. The van der Waals surface area contributed by atoms with Crippen LogP contribution >= 0.6 is 0 Å². The maximum Gasteiger partial charge on any atom is 0.416 e. The molecule has 2 amide bonds. The highest BCUT2D eigenvalue weighted by atomic mass is 32.2. The van der Waals surface area contributed by atoms with Gasteiger partial charge in [0.15, 0.2) is 0 Å². The molecule has 0 saturated carbocycles. The van der Waals surface area contributed by atoms with Crippen molar-refractivity contribution in [3.8, 4) is 12.1 Å². The molecule has 0 aliphatic carbocycles. The number of rotatable bonds is 5. The summed E-state index contributed by atoms with van der Waals surface area (Å²) in [5.74, 6) is 0. The van der Waals surface area contributed by atoms with Crippen molar-refractivity contribution in [3.05, 3.63) is 70.4 Å². The number of anilines is 1. The monoisotopic (exact) mass is 553 g/mol. The minimum Gasteiger partial charge on any atom is -0.265 e. The van der Waals surface area contributed by atoms with Gasteiger partial charge in [-0.25, -0.2) is 30.7 Å². The van der Waals surface area contributed by atoms with Crippen LogP contribution in [0.3, 0.4) is 0 Å². The van der Waals surface area contributed by atoms with E-state index in [4.69, 9.17) is 0 Å². The van der Waals surface area contributed by atoms with E-state index in [0.717, 1.165) is 37.4 Å². The van der Waals surface area contributed by atoms with E-state index >= 15 is 0 Å². The molecule has 3 rings (SSSR count). The zero-order valence-corrected chi connectivity index (χ0v) is 21.0. The van der Waals surface area contributed by atoms with Crippen molar-refractivity contribution >= 4 is 31.8 Å². The zero-order chi connectivity index (χ0) is 27.9. The number of allylic oxidation sites excluding steroid dienone is 1. The number of sulfonamides is 2. The summed E-state index contributed by atoms with van der Waals surface area (Å²) in [4.78, 5) is 13.7. The van der Waals surface area contributed by atoms with Crippen LogP contribution in [-0.4, -0.2) is 40.5 Å². The summed E-state index contributed by atoms with van der Waals surface area (Å²) < 4.78 is 93.5. The minimum absolute atomic E-state index is 0.101. The Morgan fingerprint density at radius 3 is 2.19 bits per heavy atom. The van der Waals surface area contributed by atoms with Crippen LogP contribution in [0.15, 0.2) is 58.6 Å². The van der Waals surface area contributed by atoms with E-state index < -0.39 is 54.3 Å². The molecule has 0 fully saturated rings. The fourth-order valence-electron chi connectivity index (χ4n) is 3.84. The summed E-state index contributed by atoms with van der Waals surface area (Å²) in [5.41, 5.74) is -2.53. The number of nitrogens with one attached hydrogen (secondary N) is 1. The lowest BCUT2D eigenvalue weighted by molar-refractivity contribution is -0.137. The zero-order valence-electron chi connectivity index (χ0n) is 19.4. The number of hydrogen-bond acceptors (Lipinski definition) is 7. The fourth-order valence-corrected chi connectivity index (χ4v) is 5.80. The molecule has 0 saturated heterocycles.